The Morgan fingerprint density at radius 2 is 1.84 bits per heavy atom. The van der Waals surface area contributed by atoms with Crippen molar-refractivity contribution in [3.63, 3.8) is 0 Å². The predicted molar refractivity (Wildman–Crippen MR) is 94.9 cm³/mol. The highest BCUT2D eigenvalue weighted by Crippen LogP contribution is 2.32. The molecular formula is C20H24FN3O. The van der Waals surface area contributed by atoms with Crippen LogP contribution in [0.5, 0.6) is 0 Å². The summed E-state index contributed by atoms with van der Waals surface area (Å²) in [7, 11) is 0. The van der Waals surface area contributed by atoms with E-state index in [0.29, 0.717) is 11.9 Å². The number of benzene rings is 1. The lowest BCUT2D eigenvalue weighted by atomic mass is 9.88. The van der Waals surface area contributed by atoms with E-state index >= 15 is 0 Å². The minimum Gasteiger partial charge on any atom is -0.377 e. The number of nitrogens with zero attached hydrogens (tertiary/aromatic N) is 3. The molecule has 4 nitrogen and oxygen atoms in total. The molecule has 2 heterocycles. The topological polar surface area (TPSA) is 38.2 Å². The summed E-state index contributed by atoms with van der Waals surface area (Å²) in [5.41, 5.74) is 1.33. The highest BCUT2D eigenvalue weighted by molar-refractivity contribution is 5.30. The standard InChI is InChI=1S/C20H24FN3O/c21-18-11-22-20(23-12-18)24-9-8-19(25-14-16-6-7-16)17(13-24)10-15-4-2-1-3-5-15/h1-5,11-12,16-17,19H,6-10,13-14H2/t17-,19-/m0/s1. The molecule has 0 amide bonds. The first-order chi connectivity index (χ1) is 12.3. The Hall–Kier alpha value is -2.01. The summed E-state index contributed by atoms with van der Waals surface area (Å²) >= 11 is 0. The molecule has 0 bridgehead atoms. The fourth-order valence-electron chi connectivity index (χ4n) is 3.54. The molecular weight excluding hydrogens is 317 g/mol. The lowest BCUT2D eigenvalue weighted by Crippen LogP contribution is -2.46. The van der Waals surface area contributed by atoms with Gasteiger partial charge in [0.2, 0.25) is 5.95 Å². The van der Waals surface area contributed by atoms with E-state index < -0.39 is 5.82 Å². The molecule has 0 N–H and O–H groups in total. The molecule has 1 aliphatic heterocycles. The number of rotatable bonds is 6. The van der Waals surface area contributed by atoms with Crippen molar-refractivity contribution in [2.75, 3.05) is 24.6 Å². The molecule has 0 radical (unpaired) electrons. The molecule has 1 aromatic carbocycles. The SMILES string of the molecule is Fc1cnc(N2CC[C@H](OCC3CC3)[C@@H](Cc3ccccc3)C2)nc1. The zero-order valence-electron chi connectivity index (χ0n) is 14.4. The van der Waals surface area contributed by atoms with Crippen LogP contribution in [-0.4, -0.2) is 35.8 Å². The van der Waals surface area contributed by atoms with Gasteiger partial charge in [0.25, 0.3) is 0 Å². The van der Waals surface area contributed by atoms with E-state index in [-0.39, 0.29) is 6.10 Å². The summed E-state index contributed by atoms with van der Waals surface area (Å²) in [6.07, 6.45) is 7.32. The Balaban J connectivity index is 1.46. The highest BCUT2D eigenvalue weighted by Gasteiger charge is 2.33. The maximum absolute atomic E-state index is 13.1. The fraction of sp³-hybridized carbons (Fsp3) is 0.500. The Kier molecular flexibility index (Phi) is 4.92. The van der Waals surface area contributed by atoms with Gasteiger partial charge < -0.3 is 9.64 Å². The van der Waals surface area contributed by atoms with E-state index in [9.17, 15) is 4.39 Å². The number of anilines is 1. The van der Waals surface area contributed by atoms with E-state index in [1.165, 1.54) is 30.8 Å². The molecule has 1 aromatic heterocycles. The molecule has 0 unspecified atom stereocenters. The third-order valence-electron chi connectivity index (χ3n) is 5.14. The molecule has 25 heavy (non-hydrogen) atoms. The van der Waals surface area contributed by atoms with Crippen molar-refractivity contribution in [2.45, 2.75) is 31.8 Å². The van der Waals surface area contributed by atoms with Gasteiger partial charge >= 0.3 is 0 Å². The summed E-state index contributed by atoms with van der Waals surface area (Å²) < 4.78 is 19.4. The summed E-state index contributed by atoms with van der Waals surface area (Å²) in [5, 5.41) is 0. The maximum Gasteiger partial charge on any atom is 0.225 e. The van der Waals surface area contributed by atoms with Crippen LogP contribution in [0.25, 0.3) is 0 Å². The Morgan fingerprint density at radius 1 is 1.08 bits per heavy atom. The molecule has 1 aliphatic carbocycles. The van der Waals surface area contributed by atoms with Gasteiger partial charge in [0, 0.05) is 25.6 Å². The Morgan fingerprint density at radius 3 is 2.56 bits per heavy atom. The van der Waals surface area contributed by atoms with Gasteiger partial charge in [0.1, 0.15) is 0 Å². The maximum atomic E-state index is 13.1. The lowest BCUT2D eigenvalue weighted by Gasteiger charge is -2.38. The van der Waals surface area contributed by atoms with Gasteiger partial charge in [-0.3, -0.25) is 0 Å². The van der Waals surface area contributed by atoms with Crippen molar-refractivity contribution in [3.8, 4) is 0 Å². The van der Waals surface area contributed by atoms with Crippen LogP contribution in [0, 0.1) is 17.7 Å². The van der Waals surface area contributed by atoms with Crippen LogP contribution in [-0.2, 0) is 11.2 Å². The third-order valence-corrected chi connectivity index (χ3v) is 5.14. The van der Waals surface area contributed by atoms with Crippen molar-refractivity contribution in [1.82, 2.24) is 9.97 Å². The van der Waals surface area contributed by atoms with Gasteiger partial charge in [-0.25, -0.2) is 14.4 Å². The zero-order valence-corrected chi connectivity index (χ0v) is 14.4. The smallest absolute Gasteiger partial charge is 0.225 e. The second-order valence-electron chi connectivity index (χ2n) is 7.20. The first kappa shape index (κ1) is 16.5. The molecule has 2 aliphatic rings. The fourth-order valence-corrected chi connectivity index (χ4v) is 3.54. The predicted octanol–water partition coefficient (Wildman–Crippen LogP) is 3.48. The van der Waals surface area contributed by atoms with Crippen molar-refractivity contribution >= 4 is 5.95 Å². The van der Waals surface area contributed by atoms with Gasteiger partial charge in [-0.05, 0) is 37.2 Å². The van der Waals surface area contributed by atoms with Gasteiger partial charge in [-0.2, -0.15) is 0 Å². The Bertz CT molecular complexity index is 675. The number of hydrogen-bond acceptors (Lipinski definition) is 4. The summed E-state index contributed by atoms with van der Waals surface area (Å²) in [6, 6.07) is 10.6. The van der Waals surface area contributed by atoms with Crippen LogP contribution in [0.3, 0.4) is 0 Å². The monoisotopic (exact) mass is 341 g/mol. The summed E-state index contributed by atoms with van der Waals surface area (Å²) in [4.78, 5) is 10.5. The molecule has 2 aromatic rings. The molecule has 0 spiro atoms. The molecule has 2 fully saturated rings. The van der Waals surface area contributed by atoms with Crippen LogP contribution in [0.2, 0.25) is 0 Å². The molecule has 2 atom stereocenters. The van der Waals surface area contributed by atoms with Crippen molar-refractivity contribution in [3.05, 3.63) is 54.1 Å². The van der Waals surface area contributed by atoms with Crippen LogP contribution in [0.4, 0.5) is 10.3 Å². The third kappa shape index (κ3) is 4.34. The van der Waals surface area contributed by atoms with Crippen LogP contribution >= 0.6 is 0 Å². The zero-order chi connectivity index (χ0) is 17.1. The molecule has 1 saturated heterocycles. The number of halogens is 1. The van der Waals surface area contributed by atoms with Crippen molar-refractivity contribution in [1.29, 1.82) is 0 Å². The van der Waals surface area contributed by atoms with Crippen LogP contribution in [0.1, 0.15) is 24.8 Å². The van der Waals surface area contributed by atoms with Gasteiger partial charge in [0.15, 0.2) is 5.82 Å². The quantitative estimate of drug-likeness (QED) is 0.806. The minimum atomic E-state index is -0.396. The number of hydrogen-bond donors (Lipinski definition) is 0. The molecule has 5 heteroatoms. The van der Waals surface area contributed by atoms with Gasteiger partial charge in [-0.15, -0.1) is 0 Å². The van der Waals surface area contributed by atoms with Crippen LogP contribution < -0.4 is 4.90 Å². The minimum absolute atomic E-state index is 0.275. The first-order valence-electron chi connectivity index (χ1n) is 9.16. The van der Waals surface area contributed by atoms with Crippen molar-refractivity contribution < 1.29 is 9.13 Å². The second kappa shape index (κ2) is 7.48. The first-order valence-corrected chi connectivity index (χ1v) is 9.16. The number of aromatic nitrogens is 2. The van der Waals surface area contributed by atoms with Crippen LogP contribution in [0.15, 0.2) is 42.7 Å². The van der Waals surface area contributed by atoms with E-state index in [4.69, 9.17) is 4.74 Å². The van der Waals surface area contributed by atoms with Crippen molar-refractivity contribution in [2.24, 2.45) is 11.8 Å². The van der Waals surface area contributed by atoms with E-state index in [1.54, 1.807) is 0 Å². The van der Waals surface area contributed by atoms with E-state index in [1.807, 2.05) is 6.07 Å². The van der Waals surface area contributed by atoms with E-state index in [2.05, 4.69) is 39.1 Å². The highest BCUT2D eigenvalue weighted by atomic mass is 19.1. The average molecular weight is 341 g/mol. The normalized spacial score (nSPS) is 23.6. The molecule has 1 saturated carbocycles. The Labute approximate surface area is 148 Å². The molecule has 4 rings (SSSR count). The second-order valence-corrected chi connectivity index (χ2v) is 7.20. The summed E-state index contributed by atoms with van der Waals surface area (Å²) in [6.45, 7) is 2.59. The average Bonchev–Trinajstić information content (AvgIpc) is 3.47. The lowest BCUT2D eigenvalue weighted by molar-refractivity contribution is -0.00501. The van der Waals surface area contributed by atoms with Gasteiger partial charge in [-0.1, -0.05) is 30.3 Å². The van der Waals surface area contributed by atoms with E-state index in [0.717, 1.165) is 38.5 Å². The largest absolute Gasteiger partial charge is 0.377 e. The number of ether oxygens (including phenoxy) is 1. The molecule has 132 valence electrons. The van der Waals surface area contributed by atoms with Gasteiger partial charge in [0.05, 0.1) is 18.5 Å². The summed E-state index contributed by atoms with van der Waals surface area (Å²) in [5.74, 6) is 1.38. The number of piperidine rings is 1.